The molecule has 0 aliphatic rings. The fourth-order valence-electron chi connectivity index (χ4n) is 2.70. The normalized spacial score (nSPS) is 13.2. The molecular weight excluding hydrogens is 330 g/mol. The van der Waals surface area contributed by atoms with E-state index in [4.69, 9.17) is 4.98 Å². The zero-order chi connectivity index (χ0) is 19.0. The van der Waals surface area contributed by atoms with Crippen LogP contribution in [0.15, 0.2) is 10.4 Å². The van der Waals surface area contributed by atoms with Gasteiger partial charge in [0.05, 0.1) is 12.2 Å². The summed E-state index contributed by atoms with van der Waals surface area (Å²) in [5.41, 5.74) is 1.26. The van der Waals surface area contributed by atoms with E-state index in [9.17, 15) is 0 Å². The number of hydrogen-bond donors (Lipinski definition) is 2. The molecule has 0 bridgehead atoms. The Morgan fingerprint density at radius 2 is 1.84 bits per heavy atom. The monoisotopic (exact) mass is 367 g/mol. The van der Waals surface area contributed by atoms with E-state index in [1.807, 2.05) is 7.05 Å². The zero-order valence-electron chi connectivity index (χ0n) is 17.3. The van der Waals surface area contributed by atoms with Gasteiger partial charge in [0.25, 0.3) is 0 Å². The maximum absolute atomic E-state index is 4.71. The topological polar surface area (TPSA) is 52.6 Å². The van der Waals surface area contributed by atoms with Crippen LogP contribution in [0, 0.1) is 0 Å². The van der Waals surface area contributed by atoms with Crippen LogP contribution in [0.1, 0.15) is 65.6 Å². The van der Waals surface area contributed by atoms with Gasteiger partial charge in [0.1, 0.15) is 5.01 Å². The van der Waals surface area contributed by atoms with Gasteiger partial charge in [0.2, 0.25) is 0 Å². The second kappa shape index (κ2) is 10.1. The number of nitrogens with one attached hydrogen (secondary N) is 2. The smallest absolute Gasteiger partial charge is 0.191 e. The Morgan fingerprint density at radius 1 is 1.20 bits per heavy atom. The highest BCUT2D eigenvalue weighted by Crippen LogP contribution is 2.23. The predicted octanol–water partition coefficient (Wildman–Crippen LogP) is 3.61. The van der Waals surface area contributed by atoms with Gasteiger partial charge in [-0.1, -0.05) is 20.8 Å². The third kappa shape index (κ3) is 7.74. The van der Waals surface area contributed by atoms with Crippen LogP contribution in [0.4, 0.5) is 0 Å². The number of nitrogens with zero attached hydrogens (tertiary/aromatic N) is 3. The van der Waals surface area contributed by atoms with E-state index in [-0.39, 0.29) is 5.41 Å². The number of aromatic nitrogens is 1. The summed E-state index contributed by atoms with van der Waals surface area (Å²) in [7, 11) is 1.81. The molecule has 25 heavy (non-hydrogen) atoms. The van der Waals surface area contributed by atoms with Crippen LogP contribution in [-0.2, 0) is 12.0 Å². The average Bonchev–Trinajstić information content (AvgIpc) is 2.98. The minimum Gasteiger partial charge on any atom is -0.356 e. The highest BCUT2D eigenvalue weighted by molar-refractivity contribution is 7.09. The molecule has 0 aliphatic carbocycles. The Kier molecular flexibility index (Phi) is 8.86. The molecule has 144 valence electrons. The molecular formula is C19H37N5S. The first-order chi connectivity index (χ1) is 11.6. The van der Waals surface area contributed by atoms with Gasteiger partial charge in [0, 0.05) is 43.0 Å². The van der Waals surface area contributed by atoms with Crippen molar-refractivity contribution in [3.05, 3.63) is 16.1 Å². The molecule has 0 radical (unpaired) electrons. The fourth-order valence-corrected chi connectivity index (χ4v) is 3.66. The lowest BCUT2D eigenvalue weighted by Gasteiger charge is -2.30. The maximum Gasteiger partial charge on any atom is 0.191 e. The quantitative estimate of drug-likeness (QED) is 0.419. The number of guanidine groups is 1. The van der Waals surface area contributed by atoms with Gasteiger partial charge in [-0.15, -0.1) is 11.3 Å². The van der Waals surface area contributed by atoms with Crippen LogP contribution in [0.25, 0.3) is 0 Å². The third-order valence-electron chi connectivity index (χ3n) is 4.16. The van der Waals surface area contributed by atoms with Crippen molar-refractivity contribution in [2.75, 3.05) is 20.1 Å². The van der Waals surface area contributed by atoms with Crippen LogP contribution in [0.3, 0.4) is 0 Å². The molecule has 0 saturated heterocycles. The van der Waals surface area contributed by atoms with E-state index < -0.39 is 0 Å². The Labute approximate surface area is 158 Å². The lowest BCUT2D eigenvalue weighted by Crippen LogP contribution is -2.41. The Balaban J connectivity index is 2.37. The third-order valence-corrected chi connectivity index (χ3v) is 5.01. The lowest BCUT2D eigenvalue weighted by molar-refractivity contribution is 0.173. The minimum atomic E-state index is 0.105. The molecule has 0 unspecified atom stereocenters. The molecule has 1 heterocycles. The summed E-state index contributed by atoms with van der Waals surface area (Å²) < 4.78 is 0. The van der Waals surface area contributed by atoms with Crippen LogP contribution >= 0.6 is 11.3 Å². The van der Waals surface area contributed by atoms with Crippen molar-refractivity contribution in [1.29, 1.82) is 0 Å². The van der Waals surface area contributed by atoms with Crippen molar-refractivity contribution in [1.82, 2.24) is 20.5 Å². The summed E-state index contributed by atoms with van der Waals surface area (Å²) in [6, 6.07) is 1.17. The van der Waals surface area contributed by atoms with E-state index >= 15 is 0 Å². The minimum absolute atomic E-state index is 0.105. The number of aliphatic imine (C=N–C) groups is 1. The van der Waals surface area contributed by atoms with Gasteiger partial charge >= 0.3 is 0 Å². The number of rotatable bonds is 8. The van der Waals surface area contributed by atoms with Crippen LogP contribution in [0.5, 0.6) is 0 Å². The molecule has 6 heteroatoms. The Morgan fingerprint density at radius 3 is 2.32 bits per heavy atom. The van der Waals surface area contributed by atoms with Gasteiger partial charge in [-0.3, -0.25) is 9.89 Å². The van der Waals surface area contributed by atoms with E-state index in [1.165, 1.54) is 0 Å². The highest BCUT2D eigenvalue weighted by atomic mass is 32.1. The van der Waals surface area contributed by atoms with Gasteiger partial charge in [0.15, 0.2) is 5.96 Å². The first-order valence-corrected chi connectivity index (χ1v) is 10.2. The van der Waals surface area contributed by atoms with Gasteiger partial charge in [-0.05, 0) is 34.1 Å². The predicted molar refractivity (Wildman–Crippen MR) is 111 cm³/mol. The second-order valence-electron chi connectivity index (χ2n) is 8.01. The molecule has 0 fully saturated rings. The molecule has 0 amide bonds. The van der Waals surface area contributed by atoms with E-state index in [0.29, 0.717) is 18.6 Å². The molecule has 0 atom stereocenters. The summed E-state index contributed by atoms with van der Waals surface area (Å²) >= 11 is 1.70. The summed E-state index contributed by atoms with van der Waals surface area (Å²) in [5, 5.41) is 10.0. The van der Waals surface area contributed by atoms with E-state index in [0.717, 1.165) is 36.2 Å². The van der Waals surface area contributed by atoms with Crippen molar-refractivity contribution in [2.45, 2.75) is 78.9 Å². The number of thiazole rings is 1. The van der Waals surface area contributed by atoms with Crippen molar-refractivity contribution in [3.8, 4) is 0 Å². The molecule has 1 rings (SSSR count). The zero-order valence-corrected chi connectivity index (χ0v) is 18.1. The van der Waals surface area contributed by atoms with E-state index in [2.05, 4.69) is 74.4 Å². The van der Waals surface area contributed by atoms with E-state index in [1.54, 1.807) is 11.3 Å². The summed E-state index contributed by atoms with van der Waals surface area (Å²) in [5.74, 6) is 0.841. The van der Waals surface area contributed by atoms with Crippen molar-refractivity contribution in [2.24, 2.45) is 4.99 Å². The fraction of sp³-hybridized carbons (Fsp3) is 0.789. The van der Waals surface area contributed by atoms with Crippen LogP contribution < -0.4 is 10.6 Å². The Hall–Kier alpha value is -1.14. The average molecular weight is 368 g/mol. The molecule has 0 aliphatic heterocycles. The van der Waals surface area contributed by atoms with Gasteiger partial charge < -0.3 is 10.6 Å². The molecule has 0 saturated carbocycles. The SMILES string of the molecule is CN=C(NCCCN(C(C)C)C(C)C)NCc1nc(C(C)(C)C)cs1. The van der Waals surface area contributed by atoms with Crippen LogP contribution in [0.2, 0.25) is 0 Å². The standard InChI is InChI=1S/C19H37N5S/c1-14(2)24(15(3)4)11-9-10-21-18(20-8)22-12-17-23-16(13-25-17)19(5,6)7/h13-15H,9-12H2,1-8H3,(H2,20,21,22). The first-order valence-electron chi connectivity index (χ1n) is 9.30. The van der Waals surface area contributed by atoms with Crippen molar-refractivity contribution >= 4 is 17.3 Å². The van der Waals surface area contributed by atoms with Crippen molar-refractivity contribution in [3.63, 3.8) is 0 Å². The lowest BCUT2D eigenvalue weighted by atomic mass is 9.93. The molecule has 2 N–H and O–H groups in total. The molecule has 0 spiro atoms. The summed E-state index contributed by atoms with van der Waals surface area (Å²) in [6.45, 7) is 18.3. The highest BCUT2D eigenvalue weighted by Gasteiger charge is 2.17. The number of hydrogen-bond acceptors (Lipinski definition) is 4. The molecule has 5 nitrogen and oxygen atoms in total. The second-order valence-corrected chi connectivity index (χ2v) is 8.95. The molecule has 0 aromatic carbocycles. The maximum atomic E-state index is 4.71. The molecule has 1 aromatic heterocycles. The van der Waals surface area contributed by atoms with Gasteiger partial charge in [-0.2, -0.15) is 0 Å². The van der Waals surface area contributed by atoms with Crippen molar-refractivity contribution < 1.29 is 0 Å². The summed E-state index contributed by atoms with van der Waals surface area (Å²) in [4.78, 5) is 11.5. The summed E-state index contributed by atoms with van der Waals surface area (Å²) in [6.07, 6.45) is 1.10. The van der Waals surface area contributed by atoms with Crippen LogP contribution in [-0.4, -0.2) is 48.1 Å². The first kappa shape index (κ1) is 21.9. The van der Waals surface area contributed by atoms with Gasteiger partial charge in [-0.25, -0.2) is 4.98 Å². The largest absolute Gasteiger partial charge is 0.356 e. The Bertz CT molecular complexity index is 520. The molecule has 1 aromatic rings.